The van der Waals surface area contributed by atoms with Crippen LogP contribution in [0.5, 0.6) is 0 Å². The van der Waals surface area contributed by atoms with Gasteiger partial charge >= 0.3 is 0 Å². The molecule has 16 heavy (non-hydrogen) atoms. The second-order valence-corrected chi connectivity index (χ2v) is 4.25. The van der Waals surface area contributed by atoms with E-state index >= 15 is 0 Å². The molecule has 0 radical (unpaired) electrons. The fraction of sp³-hybridized carbons (Fsp3) is 0.182. The first kappa shape index (κ1) is 10.6. The van der Waals surface area contributed by atoms with E-state index in [0.717, 1.165) is 16.4 Å². The van der Waals surface area contributed by atoms with E-state index in [9.17, 15) is 0 Å². The Balaban J connectivity index is 2.51. The van der Waals surface area contributed by atoms with Gasteiger partial charge in [0.15, 0.2) is 5.13 Å². The SMILES string of the molecule is CNc1nc(-c2ccc(C)nc2)c(C#N)s1. The third kappa shape index (κ3) is 1.88. The first-order valence-electron chi connectivity index (χ1n) is 4.76. The van der Waals surface area contributed by atoms with Crippen molar-refractivity contribution in [2.45, 2.75) is 6.92 Å². The van der Waals surface area contributed by atoms with Crippen LogP contribution in [0.4, 0.5) is 5.13 Å². The van der Waals surface area contributed by atoms with Gasteiger partial charge in [-0.25, -0.2) is 4.98 Å². The number of hydrogen-bond donors (Lipinski definition) is 1. The van der Waals surface area contributed by atoms with Crippen LogP contribution in [0.2, 0.25) is 0 Å². The molecule has 1 N–H and O–H groups in total. The molecule has 0 aliphatic carbocycles. The molecular weight excluding hydrogens is 220 g/mol. The summed E-state index contributed by atoms with van der Waals surface area (Å²) in [6.45, 7) is 1.93. The summed E-state index contributed by atoms with van der Waals surface area (Å²) < 4.78 is 0. The Morgan fingerprint density at radius 1 is 1.44 bits per heavy atom. The lowest BCUT2D eigenvalue weighted by Gasteiger charge is -1.97. The number of aryl methyl sites for hydroxylation is 1. The van der Waals surface area contributed by atoms with Gasteiger partial charge in [0.1, 0.15) is 16.6 Å². The lowest BCUT2D eigenvalue weighted by molar-refractivity contribution is 1.20. The van der Waals surface area contributed by atoms with Crippen molar-refractivity contribution in [3.05, 3.63) is 28.9 Å². The molecule has 0 bridgehead atoms. The zero-order valence-electron chi connectivity index (χ0n) is 8.98. The number of rotatable bonds is 2. The molecule has 0 atom stereocenters. The Bertz CT molecular complexity index is 536. The topological polar surface area (TPSA) is 61.6 Å². The van der Waals surface area contributed by atoms with Crippen LogP contribution in [0, 0.1) is 18.3 Å². The molecule has 0 aliphatic heterocycles. The van der Waals surface area contributed by atoms with E-state index in [1.165, 1.54) is 11.3 Å². The van der Waals surface area contributed by atoms with Crippen molar-refractivity contribution < 1.29 is 0 Å². The van der Waals surface area contributed by atoms with Gasteiger partial charge in [0.2, 0.25) is 0 Å². The number of aromatic nitrogens is 2. The predicted molar refractivity (Wildman–Crippen MR) is 64.3 cm³/mol. The van der Waals surface area contributed by atoms with Gasteiger partial charge in [0, 0.05) is 24.5 Å². The van der Waals surface area contributed by atoms with Crippen molar-refractivity contribution in [1.29, 1.82) is 5.26 Å². The second kappa shape index (κ2) is 4.29. The fourth-order valence-corrected chi connectivity index (χ4v) is 2.04. The zero-order valence-corrected chi connectivity index (χ0v) is 9.80. The first-order valence-corrected chi connectivity index (χ1v) is 5.58. The minimum Gasteiger partial charge on any atom is -0.365 e. The van der Waals surface area contributed by atoms with Crippen molar-refractivity contribution in [3.8, 4) is 17.3 Å². The van der Waals surface area contributed by atoms with Crippen molar-refractivity contribution in [1.82, 2.24) is 9.97 Å². The number of thiazole rings is 1. The molecule has 0 unspecified atom stereocenters. The van der Waals surface area contributed by atoms with Gasteiger partial charge in [-0.05, 0) is 19.1 Å². The third-order valence-corrected chi connectivity index (χ3v) is 3.10. The molecule has 0 spiro atoms. The maximum absolute atomic E-state index is 9.02. The van der Waals surface area contributed by atoms with E-state index in [-0.39, 0.29) is 0 Å². The molecule has 0 aromatic carbocycles. The van der Waals surface area contributed by atoms with Crippen LogP contribution in [0.1, 0.15) is 10.6 Å². The number of nitrogens with one attached hydrogen (secondary N) is 1. The molecular formula is C11H10N4S. The highest BCUT2D eigenvalue weighted by Gasteiger charge is 2.12. The Hall–Kier alpha value is -1.93. The normalized spacial score (nSPS) is 9.81. The molecule has 5 heteroatoms. The summed E-state index contributed by atoms with van der Waals surface area (Å²) in [6.07, 6.45) is 1.74. The van der Waals surface area contributed by atoms with Gasteiger partial charge in [-0.1, -0.05) is 11.3 Å². The number of nitrogens with zero attached hydrogens (tertiary/aromatic N) is 3. The highest BCUT2D eigenvalue weighted by Crippen LogP contribution is 2.29. The van der Waals surface area contributed by atoms with Gasteiger partial charge in [0.25, 0.3) is 0 Å². The second-order valence-electron chi connectivity index (χ2n) is 3.25. The van der Waals surface area contributed by atoms with Crippen LogP contribution in [0.25, 0.3) is 11.3 Å². The Morgan fingerprint density at radius 3 is 2.81 bits per heavy atom. The molecule has 2 aromatic rings. The maximum Gasteiger partial charge on any atom is 0.184 e. The highest BCUT2D eigenvalue weighted by molar-refractivity contribution is 7.16. The number of anilines is 1. The van der Waals surface area contributed by atoms with E-state index < -0.39 is 0 Å². The summed E-state index contributed by atoms with van der Waals surface area (Å²) in [5.41, 5.74) is 2.52. The summed E-state index contributed by atoms with van der Waals surface area (Å²) in [5, 5.41) is 12.7. The van der Waals surface area contributed by atoms with E-state index in [1.807, 2.05) is 19.1 Å². The smallest absolute Gasteiger partial charge is 0.184 e. The third-order valence-electron chi connectivity index (χ3n) is 2.13. The largest absolute Gasteiger partial charge is 0.365 e. The Labute approximate surface area is 97.6 Å². The van der Waals surface area contributed by atoms with Gasteiger partial charge in [-0.15, -0.1) is 0 Å². The van der Waals surface area contributed by atoms with E-state index in [0.29, 0.717) is 10.6 Å². The maximum atomic E-state index is 9.02. The minimum atomic E-state index is 0.606. The summed E-state index contributed by atoms with van der Waals surface area (Å²) in [4.78, 5) is 9.15. The summed E-state index contributed by atoms with van der Waals surface area (Å²) >= 11 is 1.35. The van der Waals surface area contributed by atoms with Crippen LogP contribution in [-0.4, -0.2) is 17.0 Å². The molecule has 80 valence electrons. The molecule has 0 saturated heterocycles. The van der Waals surface area contributed by atoms with Crippen LogP contribution in [-0.2, 0) is 0 Å². The Kier molecular flexibility index (Phi) is 2.84. The summed E-state index contributed by atoms with van der Waals surface area (Å²) in [5.74, 6) is 0. The fourth-order valence-electron chi connectivity index (χ4n) is 1.31. The standard InChI is InChI=1S/C11H10N4S/c1-7-3-4-8(6-14-7)10-9(5-12)16-11(13-2)15-10/h3-4,6H,1-2H3,(H,13,15). The molecule has 4 nitrogen and oxygen atoms in total. The lowest BCUT2D eigenvalue weighted by Crippen LogP contribution is -1.87. The molecule has 0 saturated carbocycles. The van der Waals surface area contributed by atoms with E-state index in [2.05, 4.69) is 21.4 Å². The monoisotopic (exact) mass is 230 g/mol. The number of pyridine rings is 1. The van der Waals surface area contributed by atoms with Crippen LogP contribution in [0.3, 0.4) is 0 Å². The Morgan fingerprint density at radius 2 is 2.25 bits per heavy atom. The van der Waals surface area contributed by atoms with Crippen molar-refractivity contribution in [2.24, 2.45) is 0 Å². The van der Waals surface area contributed by atoms with Gasteiger partial charge in [-0.2, -0.15) is 5.26 Å². The average molecular weight is 230 g/mol. The number of hydrogen-bond acceptors (Lipinski definition) is 5. The summed E-state index contributed by atoms with van der Waals surface area (Å²) in [7, 11) is 1.79. The lowest BCUT2D eigenvalue weighted by atomic mass is 10.2. The minimum absolute atomic E-state index is 0.606. The number of nitriles is 1. The highest BCUT2D eigenvalue weighted by atomic mass is 32.1. The van der Waals surface area contributed by atoms with E-state index in [4.69, 9.17) is 5.26 Å². The predicted octanol–water partition coefficient (Wildman–Crippen LogP) is 2.43. The van der Waals surface area contributed by atoms with Crippen LogP contribution < -0.4 is 5.32 Å². The van der Waals surface area contributed by atoms with Gasteiger partial charge in [-0.3, -0.25) is 4.98 Å². The van der Waals surface area contributed by atoms with Crippen molar-refractivity contribution in [3.63, 3.8) is 0 Å². The van der Waals surface area contributed by atoms with Crippen LogP contribution >= 0.6 is 11.3 Å². The molecule has 0 aliphatic rings. The quantitative estimate of drug-likeness (QED) is 0.860. The first-order chi connectivity index (χ1) is 7.74. The van der Waals surface area contributed by atoms with E-state index in [1.54, 1.807) is 13.2 Å². The van der Waals surface area contributed by atoms with Crippen molar-refractivity contribution in [2.75, 3.05) is 12.4 Å². The molecule has 2 rings (SSSR count). The van der Waals surface area contributed by atoms with Gasteiger partial charge < -0.3 is 5.32 Å². The molecule has 2 heterocycles. The molecule has 2 aromatic heterocycles. The average Bonchev–Trinajstić information content (AvgIpc) is 2.73. The summed E-state index contributed by atoms with van der Waals surface area (Å²) in [6, 6.07) is 5.99. The van der Waals surface area contributed by atoms with Crippen molar-refractivity contribution >= 4 is 16.5 Å². The van der Waals surface area contributed by atoms with Gasteiger partial charge in [0.05, 0.1) is 0 Å². The van der Waals surface area contributed by atoms with Crippen LogP contribution in [0.15, 0.2) is 18.3 Å². The molecule has 0 fully saturated rings. The molecule has 0 amide bonds. The zero-order chi connectivity index (χ0) is 11.5.